The number of amides is 2. The lowest BCUT2D eigenvalue weighted by Gasteiger charge is -2.18. The van der Waals surface area contributed by atoms with Crippen LogP contribution in [0.1, 0.15) is 6.42 Å². The third kappa shape index (κ3) is 1.63. The van der Waals surface area contributed by atoms with Gasteiger partial charge in [-0.3, -0.25) is 9.59 Å². The minimum Gasteiger partial charge on any atom is -0.396 e. The van der Waals surface area contributed by atoms with E-state index in [0.29, 0.717) is 5.69 Å². The van der Waals surface area contributed by atoms with Crippen molar-refractivity contribution in [1.29, 1.82) is 0 Å². The smallest absolute Gasteiger partial charge is 0.238 e. The van der Waals surface area contributed by atoms with Crippen molar-refractivity contribution in [2.75, 3.05) is 10.6 Å². The maximum atomic E-state index is 12.6. The van der Waals surface area contributed by atoms with Crippen LogP contribution in [0.3, 0.4) is 0 Å². The van der Waals surface area contributed by atoms with Gasteiger partial charge in [0.1, 0.15) is 0 Å². The Hall–Kier alpha value is -1.52. The number of allylic oxidation sites excluding steroid dienone is 2. The average Bonchev–Trinajstić information content (AvgIpc) is 3.10. The van der Waals surface area contributed by atoms with E-state index in [1.165, 1.54) is 17.0 Å². The molecule has 0 radical (unpaired) electrons. The van der Waals surface area contributed by atoms with Gasteiger partial charge in [0, 0.05) is 0 Å². The molecule has 0 aromatic heterocycles. The Bertz CT molecular complexity index is 663. The molecule has 3 aliphatic rings. The standard InChI is InChI=1S/C15H12Cl2N2O2/c16-9-4-8(5-10(17)13(9)18)19-14(20)11-6-1-2-7(3-6)12(11)15(19)21/h1-2,4-7,11-12H,3,18H2/t6-,7-,11-,12-/m0/s1. The molecule has 0 unspecified atom stereocenters. The summed E-state index contributed by atoms with van der Waals surface area (Å²) in [6.45, 7) is 0. The van der Waals surface area contributed by atoms with Crippen molar-refractivity contribution < 1.29 is 9.59 Å². The van der Waals surface area contributed by atoms with Gasteiger partial charge in [-0.1, -0.05) is 35.4 Å². The number of hydrogen-bond acceptors (Lipinski definition) is 3. The summed E-state index contributed by atoms with van der Waals surface area (Å²) >= 11 is 12.0. The number of anilines is 2. The molecule has 0 spiro atoms. The Morgan fingerprint density at radius 2 is 1.48 bits per heavy atom. The minimum absolute atomic E-state index is 0.154. The Morgan fingerprint density at radius 3 is 1.95 bits per heavy atom. The van der Waals surface area contributed by atoms with Crippen molar-refractivity contribution >= 4 is 46.4 Å². The molecule has 2 bridgehead atoms. The SMILES string of the molecule is Nc1c(Cl)cc(N2C(=O)[C@@H]3[C@@H](C2=O)[C@H]2C=C[C@H]3C2)cc1Cl. The van der Waals surface area contributed by atoms with E-state index in [1.54, 1.807) is 0 Å². The fourth-order valence-corrected chi connectivity index (χ4v) is 4.33. The van der Waals surface area contributed by atoms with Crippen LogP contribution in [0.2, 0.25) is 10.0 Å². The second kappa shape index (κ2) is 4.24. The minimum atomic E-state index is -0.234. The molecule has 6 heteroatoms. The number of hydrogen-bond donors (Lipinski definition) is 1. The summed E-state index contributed by atoms with van der Waals surface area (Å²) in [5.74, 6) is -0.412. The Morgan fingerprint density at radius 1 is 1.00 bits per heavy atom. The molecule has 1 heterocycles. The lowest BCUT2D eigenvalue weighted by molar-refractivity contribution is -0.123. The molecule has 4 rings (SSSR count). The lowest BCUT2D eigenvalue weighted by Crippen LogP contribution is -2.32. The van der Waals surface area contributed by atoms with Crippen LogP contribution in [-0.2, 0) is 9.59 Å². The molecule has 108 valence electrons. The molecule has 2 fully saturated rings. The van der Waals surface area contributed by atoms with E-state index in [0.717, 1.165) is 6.42 Å². The van der Waals surface area contributed by atoms with E-state index in [1.807, 2.05) is 0 Å². The summed E-state index contributed by atoms with van der Waals surface area (Å²) in [4.78, 5) is 26.5. The first-order valence-electron chi connectivity index (χ1n) is 6.79. The molecule has 1 aromatic rings. The Labute approximate surface area is 131 Å². The normalized spacial score (nSPS) is 33.1. The van der Waals surface area contributed by atoms with Gasteiger partial charge in [0.05, 0.1) is 33.3 Å². The number of nitrogen functional groups attached to an aromatic ring is 1. The van der Waals surface area contributed by atoms with Crippen molar-refractivity contribution in [3.05, 3.63) is 34.3 Å². The molecular weight excluding hydrogens is 311 g/mol. The number of benzene rings is 1. The summed E-state index contributed by atoms with van der Waals surface area (Å²) in [6.07, 6.45) is 5.02. The number of carbonyl (C=O) groups excluding carboxylic acids is 2. The third-order valence-electron chi connectivity index (χ3n) is 4.79. The molecule has 4 atom stereocenters. The van der Waals surface area contributed by atoms with Gasteiger partial charge >= 0.3 is 0 Å². The lowest BCUT2D eigenvalue weighted by atomic mass is 9.85. The Kier molecular flexibility index (Phi) is 2.66. The highest BCUT2D eigenvalue weighted by molar-refractivity contribution is 6.39. The zero-order valence-corrected chi connectivity index (χ0v) is 12.4. The average molecular weight is 323 g/mol. The summed E-state index contributed by atoms with van der Waals surface area (Å²) in [5.41, 5.74) is 6.36. The summed E-state index contributed by atoms with van der Waals surface area (Å²) in [7, 11) is 0. The molecule has 1 saturated heterocycles. The highest BCUT2D eigenvalue weighted by atomic mass is 35.5. The van der Waals surface area contributed by atoms with Gasteiger partial charge in [0.2, 0.25) is 11.8 Å². The van der Waals surface area contributed by atoms with Crippen molar-refractivity contribution in [2.24, 2.45) is 23.7 Å². The van der Waals surface area contributed by atoms with Crippen LogP contribution in [0.5, 0.6) is 0 Å². The van der Waals surface area contributed by atoms with Gasteiger partial charge in [-0.25, -0.2) is 4.90 Å². The van der Waals surface area contributed by atoms with Gasteiger partial charge in [0.15, 0.2) is 0 Å². The fourth-order valence-electron chi connectivity index (χ4n) is 3.86. The first-order chi connectivity index (χ1) is 9.99. The number of imide groups is 1. The van der Waals surface area contributed by atoms with E-state index >= 15 is 0 Å². The molecule has 1 aromatic carbocycles. The number of nitrogens with zero attached hydrogens (tertiary/aromatic N) is 1. The summed E-state index contributed by atoms with van der Waals surface area (Å²) in [5, 5.41) is 0.493. The van der Waals surface area contributed by atoms with E-state index < -0.39 is 0 Å². The number of halogens is 2. The second-order valence-corrected chi connectivity index (χ2v) is 6.65. The molecule has 2 N–H and O–H groups in total. The zero-order chi connectivity index (χ0) is 14.9. The van der Waals surface area contributed by atoms with Crippen LogP contribution in [0, 0.1) is 23.7 Å². The van der Waals surface area contributed by atoms with Gasteiger partial charge in [-0.15, -0.1) is 0 Å². The molecule has 2 amide bonds. The predicted octanol–water partition coefficient (Wildman–Crippen LogP) is 2.89. The van der Waals surface area contributed by atoms with Crippen LogP contribution in [0.4, 0.5) is 11.4 Å². The van der Waals surface area contributed by atoms with E-state index in [2.05, 4.69) is 12.2 Å². The Balaban J connectivity index is 1.78. The maximum Gasteiger partial charge on any atom is 0.238 e. The molecule has 1 saturated carbocycles. The second-order valence-electron chi connectivity index (χ2n) is 5.83. The molecule has 4 nitrogen and oxygen atoms in total. The first-order valence-corrected chi connectivity index (χ1v) is 7.55. The topological polar surface area (TPSA) is 63.4 Å². The van der Waals surface area contributed by atoms with E-state index in [4.69, 9.17) is 28.9 Å². The molecule has 21 heavy (non-hydrogen) atoms. The van der Waals surface area contributed by atoms with Gasteiger partial charge < -0.3 is 5.73 Å². The van der Waals surface area contributed by atoms with Crippen molar-refractivity contribution in [2.45, 2.75) is 6.42 Å². The number of rotatable bonds is 1. The maximum absolute atomic E-state index is 12.6. The van der Waals surface area contributed by atoms with Crippen LogP contribution in [-0.4, -0.2) is 11.8 Å². The number of carbonyl (C=O) groups is 2. The van der Waals surface area contributed by atoms with Crippen molar-refractivity contribution in [1.82, 2.24) is 0 Å². The monoisotopic (exact) mass is 322 g/mol. The van der Waals surface area contributed by atoms with Crippen LogP contribution in [0.15, 0.2) is 24.3 Å². The number of nitrogens with two attached hydrogens (primary N) is 1. The quantitative estimate of drug-likeness (QED) is 0.491. The van der Waals surface area contributed by atoms with Crippen LogP contribution in [0.25, 0.3) is 0 Å². The van der Waals surface area contributed by atoms with E-state index in [-0.39, 0.29) is 51.2 Å². The predicted molar refractivity (Wildman–Crippen MR) is 81.1 cm³/mol. The summed E-state index contributed by atoms with van der Waals surface area (Å²) in [6, 6.07) is 3.05. The number of fused-ring (bicyclic) bond motifs is 5. The van der Waals surface area contributed by atoms with Gasteiger partial charge in [-0.05, 0) is 30.4 Å². The van der Waals surface area contributed by atoms with Crippen LogP contribution < -0.4 is 10.6 Å². The van der Waals surface area contributed by atoms with E-state index in [9.17, 15) is 9.59 Å². The first kappa shape index (κ1) is 13.2. The van der Waals surface area contributed by atoms with Crippen molar-refractivity contribution in [3.8, 4) is 0 Å². The molecule has 1 aliphatic heterocycles. The molecule has 2 aliphatic carbocycles. The third-order valence-corrected chi connectivity index (χ3v) is 5.42. The summed E-state index contributed by atoms with van der Waals surface area (Å²) < 4.78 is 0. The fraction of sp³-hybridized carbons (Fsp3) is 0.333. The highest BCUT2D eigenvalue weighted by Gasteiger charge is 2.59. The van der Waals surface area contributed by atoms with Crippen molar-refractivity contribution in [3.63, 3.8) is 0 Å². The van der Waals surface area contributed by atoms with Crippen LogP contribution >= 0.6 is 23.2 Å². The zero-order valence-electron chi connectivity index (χ0n) is 10.9. The molecular formula is C15H12Cl2N2O2. The highest BCUT2D eigenvalue weighted by Crippen LogP contribution is 2.53. The largest absolute Gasteiger partial charge is 0.396 e. The van der Waals surface area contributed by atoms with Gasteiger partial charge in [0.25, 0.3) is 0 Å². The van der Waals surface area contributed by atoms with Gasteiger partial charge in [-0.2, -0.15) is 0 Å².